The standard InChI is InChI=1S/C26H22N2O6S2/c1-18-9-12-21(13-10-18)36(31,32)34-16-15-33-20-11-14-24-23(17-20)26(28-27-24)35(29,30)25-8-4-6-19-5-2-3-7-22(19)25/h2-14,17H,15-16H2,1H3,(H,27,28). The molecule has 1 N–H and O–H groups in total. The van der Waals surface area contributed by atoms with Gasteiger partial charge in [-0.15, -0.1) is 0 Å². The summed E-state index contributed by atoms with van der Waals surface area (Å²) in [5, 5.41) is 8.54. The van der Waals surface area contributed by atoms with Gasteiger partial charge in [-0.1, -0.05) is 54.1 Å². The topological polar surface area (TPSA) is 115 Å². The molecule has 0 radical (unpaired) electrons. The van der Waals surface area contributed by atoms with E-state index in [0.717, 1.165) is 10.9 Å². The van der Waals surface area contributed by atoms with Crippen LogP contribution in [0.15, 0.2) is 99.7 Å². The van der Waals surface area contributed by atoms with Gasteiger partial charge in [0.2, 0.25) is 9.84 Å². The molecule has 5 aromatic rings. The second-order valence-corrected chi connectivity index (χ2v) is 11.6. The van der Waals surface area contributed by atoms with Crippen molar-refractivity contribution < 1.29 is 25.8 Å². The molecule has 0 spiro atoms. The summed E-state index contributed by atoms with van der Waals surface area (Å²) in [6.07, 6.45) is 0. The van der Waals surface area contributed by atoms with Crippen LogP contribution < -0.4 is 4.74 Å². The van der Waals surface area contributed by atoms with Gasteiger partial charge >= 0.3 is 0 Å². The Morgan fingerprint density at radius 1 is 0.806 bits per heavy atom. The molecule has 0 aliphatic carbocycles. The molecular weight excluding hydrogens is 500 g/mol. The summed E-state index contributed by atoms with van der Waals surface area (Å²) in [6.45, 7) is 1.60. The number of sulfone groups is 1. The van der Waals surface area contributed by atoms with Crippen molar-refractivity contribution in [3.8, 4) is 5.75 Å². The fourth-order valence-corrected chi connectivity index (χ4v) is 6.34. The Morgan fingerprint density at radius 2 is 1.56 bits per heavy atom. The maximum atomic E-state index is 13.6. The maximum absolute atomic E-state index is 13.6. The van der Waals surface area contributed by atoms with Gasteiger partial charge in [0.25, 0.3) is 10.1 Å². The fourth-order valence-electron chi connectivity index (χ4n) is 3.88. The Balaban J connectivity index is 1.35. The second-order valence-electron chi connectivity index (χ2n) is 8.15. The van der Waals surface area contributed by atoms with Gasteiger partial charge in [0.15, 0.2) is 5.03 Å². The Bertz CT molecular complexity index is 1770. The third kappa shape index (κ3) is 4.58. The van der Waals surface area contributed by atoms with Crippen molar-refractivity contribution in [2.75, 3.05) is 13.2 Å². The molecule has 0 unspecified atom stereocenters. The number of aromatic amines is 1. The van der Waals surface area contributed by atoms with Crippen molar-refractivity contribution in [2.24, 2.45) is 0 Å². The van der Waals surface area contributed by atoms with E-state index in [1.54, 1.807) is 54.6 Å². The van der Waals surface area contributed by atoms with E-state index in [-0.39, 0.29) is 28.0 Å². The molecule has 0 fully saturated rings. The molecule has 10 heteroatoms. The number of rotatable bonds is 8. The highest BCUT2D eigenvalue weighted by Gasteiger charge is 2.25. The predicted molar refractivity (Wildman–Crippen MR) is 135 cm³/mol. The van der Waals surface area contributed by atoms with Crippen LogP contribution in [0.4, 0.5) is 0 Å². The number of aromatic nitrogens is 2. The molecule has 0 aliphatic rings. The van der Waals surface area contributed by atoms with Crippen molar-refractivity contribution in [1.29, 1.82) is 0 Å². The molecule has 4 aromatic carbocycles. The van der Waals surface area contributed by atoms with Gasteiger partial charge in [0.1, 0.15) is 19.0 Å². The molecule has 0 bridgehead atoms. The molecule has 0 saturated heterocycles. The second kappa shape index (κ2) is 9.38. The van der Waals surface area contributed by atoms with E-state index in [1.165, 1.54) is 12.1 Å². The van der Waals surface area contributed by atoms with Crippen LogP contribution in [-0.4, -0.2) is 40.2 Å². The summed E-state index contributed by atoms with van der Waals surface area (Å²) in [7, 11) is -7.83. The van der Waals surface area contributed by atoms with Gasteiger partial charge in [-0.05, 0) is 48.7 Å². The Hall–Kier alpha value is -3.73. The van der Waals surface area contributed by atoms with E-state index in [1.807, 2.05) is 25.1 Å². The number of fused-ring (bicyclic) bond motifs is 2. The normalized spacial score (nSPS) is 12.2. The van der Waals surface area contributed by atoms with Crippen LogP contribution in [0.3, 0.4) is 0 Å². The smallest absolute Gasteiger partial charge is 0.297 e. The number of nitrogens with one attached hydrogen (secondary N) is 1. The summed E-state index contributed by atoms with van der Waals surface area (Å²) in [5.41, 5.74) is 1.40. The van der Waals surface area contributed by atoms with Crippen LogP contribution in [0.25, 0.3) is 21.7 Å². The first-order chi connectivity index (χ1) is 17.3. The molecular formula is C26H22N2O6S2. The van der Waals surface area contributed by atoms with Gasteiger partial charge < -0.3 is 4.74 Å². The van der Waals surface area contributed by atoms with E-state index in [9.17, 15) is 16.8 Å². The lowest BCUT2D eigenvalue weighted by Crippen LogP contribution is -2.13. The number of ether oxygens (including phenoxy) is 1. The van der Waals surface area contributed by atoms with Crippen LogP contribution >= 0.6 is 0 Å². The lowest BCUT2D eigenvalue weighted by molar-refractivity contribution is 0.221. The monoisotopic (exact) mass is 522 g/mol. The number of hydrogen-bond donors (Lipinski definition) is 1. The summed E-state index contributed by atoms with van der Waals surface area (Å²) in [5.74, 6) is 0.356. The number of H-pyrrole nitrogens is 1. The van der Waals surface area contributed by atoms with Gasteiger partial charge in [0, 0.05) is 10.8 Å². The van der Waals surface area contributed by atoms with Crippen molar-refractivity contribution in [1.82, 2.24) is 10.2 Å². The predicted octanol–water partition coefficient (Wildman–Crippen LogP) is 4.64. The zero-order valence-corrected chi connectivity index (χ0v) is 20.8. The zero-order chi connectivity index (χ0) is 25.3. The van der Waals surface area contributed by atoms with Crippen LogP contribution in [0.2, 0.25) is 0 Å². The Kier molecular flexibility index (Phi) is 6.25. The molecule has 1 aromatic heterocycles. The van der Waals surface area contributed by atoms with Crippen LogP contribution in [-0.2, 0) is 24.1 Å². The average molecular weight is 523 g/mol. The Morgan fingerprint density at radius 3 is 2.36 bits per heavy atom. The lowest BCUT2D eigenvalue weighted by Gasteiger charge is -2.09. The summed E-state index contributed by atoms with van der Waals surface area (Å²) in [4.78, 5) is 0.239. The molecule has 8 nitrogen and oxygen atoms in total. The third-order valence-electron chi connectivity index (χ3n) is 5.70. The van der Waals surface area contributed by atoms with Crippen molar-refractivity contribution >= 4 is 41.6 Å². The van der Waals surface area contributed by atoms with E-state index < -0.39 is 20.0 Å². The highest BCUT2D eigenvalue weighted by Crippen LogP contribution is 2.32. The molecule has 0 amide bonds. The molecule has 0 aliphatic heterocycles. The van der Waals surface area contributed by atoms with Crippen LogP contribution in [0, 0.1) is 6.92 Å². The van der Waals surface area contributed by atoms with Gasteiger partial charge in [-0.2, -0.15) is 13.5 Å². The number of hydrogen-bond acceptors (Lipinski definition) is 7. The molecule has 36 heavy (non-hydrogen) atoms. The quantitative estimate of drug-likeness (QED) is 0.233. The average Bonchev–Trinajstić information content (AvgIpc) is 3.31. The minimum Gasteiger partial charge on any atom is -0.491 e. The minimum atomic E-state index is -3.92. The Labute approximate surface area is 208 Å². The molecule has 5 rings (SSSR count). The maximum Gasteiger partial charge on any atom is 0.297 e. The first-order valence-corrected chi connectivity index (χ1v) is 13.9. The summed E-state index contributed by atoms with van der Waals surface area (Å²) >= 11 is 0. The summed E-state index contributed by atoms with van der Waals surface area (Å²) < 4.78 is 62.5. The highest BCUT2D eigenvalue weighted by atomic mass is 32.2. The molecule has 184 valence electrons. The van der Waals surface area contributed by atoms with Gasteiger partial charge in [-0.25, -0.2) is 8.42 Å². The summed E-state index contributed by atoms with van der Waals surface area (Å²) in [6, 6.07) is 23.6. The molecule has 1 heterocycles. The highest BCUT2D eigenvalue weighted by molar-refractivity contribution is 7.91. The minimum absolute atomic E-state index is 0.0440. The van der Waals surface area contributed by atoms with E-state index in [4.69, 9.17) is 8.92 Å². The molecule has 0 atom stereocenters. The van der Waals surface area contributed by atoms with Crippen LogP contribution in [0.5, 0.6) is 5.75 Å². The van der Waals surface area contributed by atoms with Crippen molar-refractivity contribution in [3.05, 3.63) is 90.5 Å². The van der Waals surface area contributed by atoms with Crippen molar-refractivity contribution in [3.63, 3.8) is 0 Å². The van der Waals surface area contributed by atoms with E-state index in [2.05, 4.69) is 10.2 Å². The van der Waals surface area contributed by atoms with E-state index >= 15 is 0 Å². The fraction of sp³-hybridized carbons (Fsp3) is 0.115. The zero-order valence-electron chi connectivity index (χ0n) is 19.2. The van der Waals surface area contributed by atoms with Crippen molar-refractivity contribution in [2.45, 2.75) is 21.7 Å². The first-order valence-electron chi connectivity index (χ1n) is 11.1. The van der Waals surface area contributed by atoms with Gasteiger partial charge in [-0.3, -0.25) is 9.28 Å². The number of benzene rings is 4. The van der Waals surface area contributed by atoms with Crippen LogP contribution in [0.1, 0.15) is 5.56 Å². The number of nitrogens with zero attached hydrogens (tertiary/aromatic N) is 1. The third-order valence-corrected chi connectivity index (χ3v) is 8.81. The largest absolute Gasteiger partial charge is 0.491 e. The lowest BCUT2D eigenvalue weighted by atomic mass is 10.1. The van der Waals surface area contributed by atoms with E-state index in [0.29, 0.717) is 22.0 Å². The number of aryl methyl sites for hydroxylation is 1. The van der Waals surface area contributed by atoms with Gasteiger partial charge in [0.05, 0.1) is 15.3 Å². The SMILES string of the molecule is Cc1ccc(S(=O)(=O)OCCOc2ccc3n[nH]c(S(=O)(=O)c4cccc5ccccc45)c3c2)cc1. The first kappa shape index (κ1) is 24.0. The molecule has 0 saturated carbocycles.